The standard InChI is InChI=1S/C45H46F4N12O13/c1-55(15-16-56(2)43(69)72-20-24-3-4-30(29(17-24)61(70)71)73-41-35(64)33(62)34(63)36(74-41)40(66)67)42(68)59-14-8-28-32(52-23-53-38(28)59)25-18-54-60(19-25)44(9-10-50)21-58(22-44)26-6-12-57(13-7-26)39(65)27-5-11-51-37(31(27)46)45(47,48)49/h3-5,8,11,14,17-19,23,26,33-36,41,62-64H,6-7,9,12-13,15-16,20-22H2,1-2H3,(H,66,67)/t33-,34-,35+,36-,41+/m0/s1. The number of hydrogen-bond donors (Lipinski definition) is 4. The molecule has 74 heavy (non-hydrogen) atoms. The Kier molecular flexibility index (Phi) is 14.8. The normalized spacial score (nSPS) is 21.1. The van der Waals surface area contributed by atoms with Crippen molar-refractivity contribution in [1.82, 2.24) is 48.9 Å². The van der Waals surface area contributed by atoms with Crippen LogP contribution in [-0.4, -0.2) is 188 Å². The van der Waals surface area contributed by atoms with E-state index in [1.165, 1.54) is 52.0 Å². The summed E-state index contributed by atoms with van der Waals surface area (Å²) in [7, 11) is 2.91. The Labute approximate surface area is 415 Å². The van der Waals surface area contributed by atoms with Crippen molar-refractivity contribution in [1.29, 1.82) is 5.26 Å². The molecule has 0 aliphatic carbocycles. The number of ether oxygens (including phenoxy) is 3. The minimum Gasteiger partial charge on any atom is -0.479 e. The molecule has 5 aromatic rings. The van der Waals surface area contributed by atoms with Crippen LogP contribution in [0.25, 0.3) is 22.3 Å². The van der Waals surface area contributed by atoms with Crippen LogP contribution in [0.4, 0.5) is 32.8 Å². The van der Waals surface area contributed by atoms with Gasteiger partial charge in [0.05, 0.1) is 34.9 Å². The zero-order chi connectivity index (χ0) is 53.4. The number of carbonyl (C=O) groups excluding carboxylic acids is 3. The third kappa shape index (κ3) is 10.3. The van der Waals surface area contributed by atoms with Gasteiger partial charge in [-0.1, -0.05) is 6.07 Å². The average Bonchev–Trinajstić information content (AvgIpc) is 4.04. The van der Waals surface area contributed by atoms with Crippen LogP contribution in [-0.2, 0) is 32.6 Å². The number of aliphatic hydroxyl groups excluding tert-OH is 3. The number of nitro groups is 1. The molecule has 25 nitrogen and oxygen atoms in total. The number of aliphatic hydroxyl groups is 3. The van der Waals surface area contributed by atoms with Gasteiger partial charge in [-0.05, 0) is 36.6 Å². The number of carboxylic acid groups (broad SMARTS) is 1. The molecule has 392 valence electrons. The van der Waals surface area contributed by atoms with E-state index in [0.717, 1.165) is 24.4 Å². The summed E-state index contributed by atoms with van der Waals surface area (Å²) in [5, 5.41) is 66.4. The molecule has 7 heterocycles. The second-order valence-corrected chi connectivity index (χ2v) is 17.9. The van der Waals surface area contributed by atoms with E-state index in [1.54, 1.807) is 23.1 Å². The lowest BCUT2D eigenvalue weighted by Crippen LogP contribution is -2.66. The molecule has 3 aliphatic heterocycles. The summed E-state index contributed by atoms with van der Waals surface area (Å²) in [6.45, 7) is 0.764. The van der Waals surface area contributed by atoms with E-state index in [1.807, 2.05) is 0 Å². The van der Waals surface area contributed by atoms with Crippen molar-refractivity contribution >= 4 is 40.7 Å². The van der Waals surface area contributed by atoms with E-state index in [0.29, 0.717) is 42.6 Å². The van der Waals surface area contributed by atoms with E-state index >= 15 is 0 Å². The third-order valence-corrected chi connectivity index (χ3v) is 13.1. The molecule has 29 heteroatoms. The number of carbonyl (C=O) groups is 4. The Morgan fingerprint density at radius 1 is 1.01 bits per heavy atom. The molecule has 0 unspecified atom stereocenters. The molecule has 3 fully saturated rings. The number of nitrogens with zero attached hydrogens (tertiary/aromatic N) is 12. The van der Waals surface area contributed by atoms with Gasteiger partial charge >= 0.3 is 30.0 Å². The highest BCUT2D eigenvalue weighted by atomic mass is 19.4. The van der Waals surface area contributed by atoms with Crippen molar-refractivity contribution in [2.24, 2.45) is 0 Å². The first-order valence-corrected chi connectivity index (χ1v) is 22.6. The number of halogens is 4. The number of fused-ring (bicyclic) bond motifs is 1. The molecule has 0 radical (unpaired) electrons. The predicted octanol–water partition coefficient (Wildman–Crippen LogP) is 2.42. The van der Waals surface area contributed by atoms with Crippen molar-refractivity contribution in [2.45, 2.75) is 74.3 Å². The molecule has 3 amide bonds. The van der Waals surface area contributed by atoms with Gasteiger partial charge in [0, 0.05) is 95.0 Å². The topological polar surface area (TPSA) is 318 Å². The lowest BCUT2D eigenvalue weighted by Gasteiger charge is -2.53. The first kappa shape index (κ1) is 52.4. The summed E-state index contributed by atoms with van der Waals surface area (Å²) in [4.78, 5) is 80.0. The van der Waals surface area contributed by atoms with Crippen molar-refractivity contribution in [3.63, 3.8) is 0 Å². The van der Waals surface area contributed by atoms with Crippen LogP contribution in [0.1, 0.15) is 40.9 Å². The van der Waals surface area contributed by atoms with Crippen LogP contribution in [0.3, 0.4) is 0 Å². The first-order valence-electron chi connectivity index (χ1n) is 22.6. The van der Waals surface area contributed by atoms with Gasteiger partial charge in [0.15, 0.2) is 29.0 Å². The van der Waals surface area contributed by atoms with E-state index in [-0.39, 0.29) is 49.9 Å². The van der Waals surface area contributed by atoms with E-state index < -0.39 is 106 Å². The lowest BCUT2D eigenvalue weighted by atomic mass is 9.83. The number of nitro benzene ring substituents is 1. The summed E-state index contributed by atoms with van der Waals surface area (Å²) in [5.74, 6) is -4.73. The number of rotatable bonds is 14. The van der Waals surface area contributed by atoms with Crippen molar-refractivity contribution in [3.8, 4) is 23.1 Å². The summed E-state index contributed by atoms with van der Waals surface area (Å²) in [6.07, 6.45) is -7.90. The highest BCUT2D eigenvalue weighted by Crippen LogP contribution is 2.39. The van der Waals surface area contributed by atoms with Gasteiger partial charge in [0.2, 0.25) is 6.29 Å². The maximum absolute atomic E-state index is 14.7. The van der Waals surface area contributed by atoms with Crippen molar-refractivity contribution in [2.75, 3.05) is 53.4 Å². The summed E-state index contributed by atoms with van der Waals surface area (Å²) in [6, 6.07) is 7.67. The predicted molar refractivity (Wildman–Crippen MR) is 241 cm³/mol. The van der Waals surface area contributed by atoms with Gasteiger partial charge < -0.3 is 49.3 Å². The fourth-order valence-electron chi connectivity index (χ4n) is 9.00. The number of pyridine rings is 1. The largest absolute Gasteiger partial charge is 0.479 e. The molecule has 3 aliphatic rings. The average molecular weight is 1040 g/mol. The minimum atomic E-state index is -5.06. The molecule has 5 atom stereocenters. The number of aromatic nitrogens is 6. The van der Waals surface area contributed by atoms with Crippen LogP contribution in [0.2, 0.25) is 0 Å². The number of piperidine rings is 1. The number of hydrogen-bond acceptors (Lipinski definition) is 18. The van der Waals surface area contributed by atoms with Gasteiger partial charge in [-0.3, -0.25) is 29.1 Å². The summed E-state index contributed by atoms with van der Waals surface area (Å²) >= 11 is 0. The fourth-order valence-corrected chi connectivity index (χ4v) is 9.00. The number of amides is 3. The molecular weight excluding hydrogens is 993 g/mol. The zero-order valence-electron chi connectivity index (χ0n) is 39.2. The van der Waals surface area contributed by atoms with Crippen molar-refractivity contribution in [3.05, 3.63) is 94.2 Å². The second-order valence-electron chi connectivity index (χ2n) is 17.9. The van der Waals surface area contributed by atoms with Gasteiger partial charge in [0.1, 0.15) is 36.8 Å². The molecule has 4 aromatic heterocycles. The zero-order valence-corrected chi connectivity index (χ0v) is 39.2. The van der Waals surface area contributed by atoms with Crippen LogP contribution in [0.15, 0.2) is 61.4 Å². The van der Waals surface area contributed by atoms with E-state index in [9.17, 15) is 72.5 Å². The maximum Gasteiger partial charge on any atom is 0.436 e. The van der Waals surface area contributed by atoms with Gasteiger partial charge in [-0.15, -0.1) is 0 Å². The Morgan fingerprint density at radius 2 is 1.73 bits per heavy atom. The Bertz CT molecular complexity index is 3010. The van der Waals surface area contributed by atoms with Crippen LogP contribution in [0.5, 0.6) is 5.75 Å². The number of aliphatic carboxylic acids is 1. The number of alkyl halides is 3. The summed E-state index contributed by atoms with van der Waals surface area (Å²) < 4.78 is 73.1. The second kappa shape index (κ2) is 20.9. The number of carboxylic acids is 1. The maximum atomic E-state index is 14.7. The molecule has 3 saturated heterocycles. The molecule has 0 spiro atoms. The number of likely N-dealkylation sites (N-methyl/N-ethyl adjacent to an activating group) is 2. The lowest BCUT2D eigenvalue weighted by molar-refractivity contribution is -0.387. The van der Waals surface area contributed by atoms with Crippen LogP contribution >= 0.6 is 0 Å². The third-order valence-electron chi connectivity index (χ3n) is 13.1. The van der Waals surface area contributed by atoms with Crippen molar-refractivity contribution < 1.29 is 76.3 Å². The van der Waals surface area contributed by atoms with Gasteiger partial charge in [-0.2, -0.15) is 23.5 Å². The van der Waals surface area contributed by atoms with Gasteiger partial charge in [0.25, 0.3) is 5.91 Å². The molecule has 8 rings (SSSR count). The summed E-state index contributed by atoms with van der Waals surface area (Å²) in [5.41, 5.74) is -2.44. The minimum absolute atomic E-state index is 0.0163. The quantitative estimate of drug-likeness (QED) is 0.0705. The molecular formula is C45H46F4N12O13. The number of likely N-dealkylation sites (tertiary alicyclic amines) is 2. The smallest absolute Gasteiger partial charge is 0.436 e. The van der Waals surface area contributed by atoms with Crippen LogP contribution in [0, 0.1) is 27.3 Å². The Hall–Kier alpha value is -7.91. The number of benzene rings is 1. The highest BCUT2D eigenvalue weighted by Gasteiger charge is 2.50. The molecule has 4 N–H and O–H groups in total. The van der Waals surface area contributed by atoms with E-state index in [2.05, 4.69) is 31.0 Å². The monoisotopic (exact) mass is 1040 g/mol. The highest BCUT2D eigenvalue weighted by molar-refractivity contribution is 5.96. The van der Waals surface area contributed by atoms with Gasteiger partial charge in [-0.25, -0.2) is 33.7 Å². The molecule has 1 aromatic carbocycles. The Morgan fingerprint density at radius 3 is 2.41 bits per heavy atom. The Balaban J connectivity index is 0.842. The molecule has 0 saturated carbocycles. The first-order chi connectivity index (χ1) is 35.1. The SMILES string of the molecule is CN(CCN(C)C(=O)n1ccc2c(-c3cnn(C4(CC#N)CN(C5CCN(C(=O)c6ccnc(C(F)(F)F)c6F)CC5)C4)c3)ncnc21)C(=O)OCc1ccc(O[C@@H]2O[C@H](C(=O)O)[C@@H](O)[C@H](O)[C@H]2O)c([N+](=O)[O-])c1. The van der Waals surface area contributed by atoms with Crippen LogP contribution < -0.4 is 4.74 Å². The van der Waals surface area contributed by atoms with E-state index in [4.69, 9.17) is 14.2 Å². The number of nitriles is 1. The molecule has 0 bridgehead atoms. The fraction of sp³-hybridized carbons (Fsp3) is 0.444.